The second-order valence-electron chi connectivity index (χ2n) is 6.76. The van der Waals surface area contributed by atoms with Gasteiger partial charge in [0.15, 0.2) is 5.78 Å². The lowest BCUT2D eigenvalue weighted by atomic mass is 9.92. The number of fused-ring (bicyclic) bond motifs is 1. The molecule has 1 aliphatic heterocycles. The van der Waals surface area contributed by atoms with Gasteiger partial charge < -0.3 is 10.6 Å². The zero-order chi connectivity index (χ0) is 23.3. The number of hydrogen-bond donors (Lipinski definition) is 4. The maximum atomic E-state index is 12.1. The molecule has 1 heterocycles. The van der Waals surface area contributed by atoms with Crippen LogP contribution in [-0.4, -0.2) is 11.8 Å². The summed E-state index contributed by atoms with van der Waals surface area (Å²) in [7, 11) is 0. The maximum absolute atomic E-state index is 12.1. The Morgan fingerprint density at radius 3 is 2.25 bits per heavy atom. The van der Waals surface area contributed by atoms with Crippen LogP contribution in [0.4, 0.5) is 16.2 Å². The van der Waals surface area contributed by atoms with Gasteiger partial charge in [-0.15, -0.1) is 0 Å². The molecule has 1 unspecified atom stereocenters. The molecule has 0 saturated carbocycles. The van der Waals surface area contributed by atoms with Gasteiger partial charge in [0.25, 0.3) is 0 Å². The lowest BCUT2D eigenvalue weighted by molar-refractivity contribution is 0.0972. The van der Waals surface area contributed by atoms with Crippen LogP contribution >= 0.6 is 46.4 Å². The van der Waals surface area contributed by atoms with Crippen molar-refractivity contribution in [1.82, 2.24) is 5.43 Å². The summed E-state index contributed by atoms with van der Waals surface area (Å²) in [5.41, 5.74) is 4.86. The van der Waals surface area contributed by atoms with Crippen molar-refractivity contribution >= 4 is 69.6 Å². The first-order valence-corrected chi connectivity index (χ1v) is 10.9. The first-order chi connectivity index (χ1) is 15.3. The highest BCUT2D eigenvalue weighted by Crippen LogP contribution is 2.36. The molecule has 2 amide bonds. The van der Waals surface area contributed by atoms with Crippen molar-refractivity contribution < 1.29 is 9.59 Å². The summed E-state index contributed by atoms with van der Waals surface area (Å²) in [6, 6.07) is 16.9. The number of hydrazine groups is 1. The fourth-order valence-electron chi connectivity index (χ4n) is 3.11. The van der Waals surface area contributed by atoms with Gasteiger partial charge in [0.05, 0.1) is 16.8 Å². The van der Waals surface area contributed by atoms with Gasteiger partial charge in [0.1, 0.15) is 0 Å². The number of benzene rings is 3. The average Bonchev–Trinajstić information content (AvgIpc) is 2.76. The van der Waals surface area contributed by atoms with Crippen molar-refractivity contribution in [2.24, 2.45) is 5.84 Å². The lowest BCUT2D eigenvalue weighted by Gasteiger charge is -2.27. The molecule has 10 heteroatoms. The van der Waals surface area contributed by atoms with E-state index in [-0.39, 0.29) is 11.8 Å². The molecular weight excluding hydrogens is 494 g/mol. The van der Waals surface area contributed by atoms with E-state index in [0.29, 0.717) is 32.2 Å². The molecule has 0 aromatic heterocycles. The third kappa shape index (κ3) is 6.06. The van der Waals surface area contributed by atoms with Gasteiger partial charge in [0.2, 0.25) is 0 Å². The van der Waals surface area contributed by atoms with Crippen LogP contribution in [0.25, 0.3) is 0 Å². The van der Waals surface area contributed by atoms with Crippen LogP contribution in [0, 0.1) is 0 Å². The van der Waals surface area contributed by atoms with Gasteiger partial charge in [0, 0.05) is 32.7 Å². The molecule has 6 nitrogen and oxygen atoms in total. The van der Waals surface area contributed by atoms with E-state index in [9.17, 15) is 9.59 Å². The predicted molar refractivity (Wildman–Crippen MR) is 131 cm³/mol. The number of carbonyl (C=O) groups excluding carboxylic acids is 2. The summed E-state index contributed by atoms with van der Waals surface area (Å²) >= 11 is 23.5. The molecule has 4 rings (SSSR count). The number of ketones is 1. The number of halogens is 4. The van der Waals surface area contributed by atoms with Crippen molar-refractivity contribution in [1.29, 1.82) is 0 Å². The van der Waals surface area contributed by atoms with Crippen molar-refractivity contribution in [2.75, 3.05) is 10.6 Å². The van der Waals surface area contributed by atoms with E-state index in [0.717, 1.165) is 16.8 Å². The summed E-state index contributed by atoms with van der Waals surface area (Å²) in [6.07, 6.45) is 0.401. The zero-order valence-corrected chi connectivity index (χ0v) is 19.5. The van der Waals surface area contributed by atoms with E-state index in [1.807, 2.05) is 35.8 Å². The van der Waals surface area contributed by atoms with Crippen LogP contribution in [-0.2, 0) is 0 Å². The molecule has 0 bridgehead atoms. The first kappa shape index (κ1) is 24.2. The van der Waals surface area contributed by atoms with Crippen LogP contribution in [0.1, 0.15) is 28.4 Å². The summed E-state index contributed by atoms with van der Waals surface area (Å²) in [4.78, 5) is 22.9. The molecule has 0 spiro atoms. The molecule has 3 aromatic rings. The second kappa shape index (κ2) is 10.9. The highest BCUT2D eigenvalue weighted by molar-refractivity contribution is 6.36. The molecule has 0 fully saturated rings. The van der Waals surface area contributed by atoms with E-state index in [4.69, 9.17) is 52.2 Å². The standard InChI is InChI=1S/C15H11Cl2NO.C7H7Cl2N3O/c16-9-5-6-10(12(17)7-9)14-8-15(19)11-3-1-2-4-13(11)18-14;8-4-1-2-6(5(9)3-4)11-7(13)12-10/h1-7,14,18H,8H2;1-3H,10H2,(H2,11,12,13). The first-order valence-electron chi connectivity index (χ1n) is 9.35. The van der Waals surface area contributed by atoms with Gasteiger partial charge in [-0.05, 0) is 48.0 Å². The highest BCUT2D eigenvalue weighted by Gasteiger charge is 2.26. The summed E-state index contributed by atoms with van der Waals surface area (Å²) in [5, 5.41) is 7.81. The Morgan fingerprint density at radius 1 is 0.938 bits per heavy atom. The number of Topliss-reactive ketones (excluding diaryl/α,β-unsaturated/α-hetero) is 1. The highest BCUT2D eigenvalue weighted by atomic mass is 35.5. The maximum Gasteiger partial charge on any atom is 0.333 e. The smallest absolute Gasteiger partial charge is 0.333 e. The molecule has 5 N–H and O–H groups in total. The minimum Gasteiger partial charge on any atom is -0.377 e. The number of carbonyl (C=O) groups is 2. The summed E-state index contributed by atoms with van der Waals surface area (Å²) in [5.74, 6) is 5.00. The molecular formula is C22H18Cl4N4O2. The fourth-order valence-corrected chi connectivity index (χ4v) is 4.10. The van der Waals surface area contributed by atoms with Crippen molar-refractivity contribution in [3.63, 3.8) is 0 Å². The normalized spacial score (nSPS) is 14.4. The van der Waals surface area contributed by atoms with Gasteiger partial charge in [-0.25, -0.2) is 10.6 Å². The Hall–Kier alpha value is -2.48. The van der Waals surface area contributed by atoms with Gasteiger partial charge >= 0.3 is 6.03 Å². The van der Waals surface area contributed by atoms with Gasteiger partial charge in [-0.2, -0.15) is 0 Å². The number of anilines is 2. The molecule has 0 aliphatic carbocycles. The second-order valence-corrected chi connectivity index (χ2v) is 8.45. The van der Waals surface area contributed by atoms with Gasteiger partial charge in [-0.1, -0.05) is 64.6 Å². The molecule has 166 valence electrons. The molecule has 1 atom stereocenters. The fraction of sp³-hybridized carbons (Fsp3) is 0.0909. The number of nitrogens with two attached hydrogens (primary N) is 1. The summed E-state index contributed by atoms with van der Waals surface area (Å²) in [6.45, 7) is 0. The van der Waals surface area contributed by atoms with E-state index >= 15 is 0 Å². The van der Waals surface area contributed by atoms with E-state index in [1.165, 1.54) is 6.07 Å². The number of urea groups is 1. The topological polar surface area (TPSA) is 96.2 Å². The minimum absolute atomic E-state index is 0.104. The Morgan fingerprint density at radius 2 is 1.59 bits per heavy atom. The van der Waals surface area contributed by atoms with E-state index < -0.39 is 6.03 Å². The SMILES string of the molecule is NNC(=O)Nc1ccc(Cl)cc1Cl.O=C1CC(c2ccc(Cl)cc2Cl)Nc2ccccc21. The Labute approximate surface area is 205 Å². The Kier molecular flexibility index (Phi) is 8.23. The van der Waals surface area contributed by atoms with Crippen molar-refractivity contribution in [3.05, 3.63) is 91.9 Å². The summed E-state index contributed by atoms with van der Waals surface area (Å²) < 4.78 is 0. The molecule has 1 aliphatic rings. The van der Waals surface area contributed by atoms with Crippen LogP contribution in [0.2, 0.25) is 20.1 Å². The van der Waals surface area contributed by atoms with Crippen LogP contribution in [0.15, 0.2) is 60.7 Å². The van der Waals surface area contributed by atoms with Crippen LogP contribution in [0.3, 0.4) is 0 Å². The average molecular weight is 512 g/mol. The zero-order valence-electron chi connectivity index (χ0n) is 16.5. The van der Waals surface area contributed by atoms with Gasteiger partial charge in [-0.3, -0.25) is 10.2 Å². The number of hydrogen-bond acceptors (Lipinski definition) is 4. The number of para-hydroxylation sites is 1. The quantitative estimate of drug-likeness (QED) is 0.174. The third-order valence-electron chi connectivity index (χ3n) is 4.60. The monoisotopic (exact) mass is 510 g/mol. The van der Waals surface area contributed by atoms with Crippen molar-refractivity contribution in [2.45, 2.75) is 12.5 Å². The van der Waals surface area contributed by atoms with Crippen molar-refractivity contribution in [3.8, 4) is 0 Å². The lowest BCUT2D eigenvalue weighted by Crippen LogP contribution is -2.34. The third-order valence-corrected chi connectivity index (χ3v) is 5.71. The number of rotatable bonds is 2. The largest absolute Gasteiger partial charge is 0.377 e. The molecule has 0 radical (unpaired) electrons. The van der Waals surface area contributed by atoms with Crippen LogP contribution in [0.5, 0.6) is 0 Å². The van der Waals surface area contributed by atoms with E-state index in [2.05, 4.69) is 10.6 Å². The molecule has 0 saturated heterocycles. The Balaban J connectivity index is 0.000000195. The Bertz CT molecular complexity index is 1160. The molecule has 3 aromatic carbocycles. The molecule has 32 heavy (non-hydrogen) atoms. The number of amides is 2. The minimum atomic E-state index is -0.538. The predicted octanol–water partition coefficient (Wildman–Crippen LogP) is 6.72. The van der Waals surface area contributed by atoms with Crippen LogP contribution < -0.4 is 21.9 Å². The number of nitrogens with one attached hydrogen (secondary N) is 3. The van der Waals surface area contributed by atoms with E-state index in [1.54, 1.807) is 24.3 Å².